The zero-order valence-corrected chi connectivity index (χ0v) is 10.5. The third-order valence-electron chi connectivity index (χ3n) is 2.81. The van der Waals surface area contributed by atoms with Crippen LogP contribution in [0, 0.1) is 13.8 Å². The third-order valence-corrected chi connectivity index (χ3v) is 2.81. The summed E-state index contributed by atoms with van der Waals surface area (Å²) < 4.78 is 1.57. The molecular weight excluding hydrogens is 220 g/mol. The summed E-state index contributed by atoms with van der Waals surface area (Å²) in [5, 5.41) is 15.9. The molecule has 0 aliphatic rings. The molecule has 1 atom stereocenters. The van der Waals surface area contributed by atoms with Gasteiger partial charge in [-0.15, -0.1) is 0 Å². The largest absolute Gasteiger partial charge is 0.396 e. The Balaban J connectivity index is 2.65. The smallest absolute Gasteiger partial charge is 0.242 e. The highest BCUT2D eigenvalue weighted by Gasteiger charge is 2.13. The second-order valence-corrected chi connectivity index (χ2v) is 4.10. The number of nitrogens with two attached hydrogens (primary N) is 1. The fraction of sp³-hybridized carbons (Fsp3) is 0.636. The van der Waals surface area contributed by atoms with Gasteiger partial charge in [-0.25, -0.2) is 0 Å². The summed E-state index contributed by atoms with van der Waals surface area (Å²) in [6.07, 6.45) is 0.696. The molecule has 1 unspecified atom stereocenters. The van der Waals surface area contributed by atoms with Crippen molar-refractivity contribution in [2.45, 2.75) is 39.8 Å². The first kappa shape index (κ1) is 13.5. The van der Waals surface area contributed by atoms with E-state index in [1.165, 1.54) is 0 Å². The molecule has 0 aromatic carbocycles. The number of aryl methyl sites for hydroxylation is 1. The van der Waals surface area contributed by atoms with Crippen molar-refractivity contribution in [1.82, 2.24) is 15.1 Å². The van der Waals surface area contributed by atoms with E-state index in [0.717, 1.165) is 11.4 Å². The number of amides is 1. The van der Waals surface area contributed by atoms with E-state index >= 15 is 0 Å². The molecule has 0 spiro atoms. The van der Waals surface area contributed by atoms with Crippen LogP contribution in [0.5, 0.6) is 0 Å². The summed E-state index contributed by atoms with van der Waals surface area (Å²) >= 11 is 0. The van der Waals surface area contributed by atoms with Crippen molar-refractivity contribution in [1.29, 1.82) is 0 Å². The maximum atomic E-state index is 11.7. The Labute approximate surface area is 101 Å². The van der Waals surface area contributed by atoms with Gasteiger partial charge in [0.1, 0.15) is 6.54 Å². The Kier molecular flexibility index (Phi) is 4.51. The lowest BCUT2D eigenvalue weighted by Crippen LogP contribution is -2.39. The lowest BCUT2D eigenvalue weighted by atomic mass is 10.2. The summed E-state index contributed by atoms with van der Waals surface area (Å²) in [5.41, 5.74) is 7.91. The summed E-state index contributed by atoms with van der Waals surface area (Å²) in [5.74, 6) is -0.170. The summed E-state index contributed by atoms with van der Waals surface area (Å²) in [4.78, 5) is 11.7. The van der Waals surface area contributed by atoms with Crippen molar-refractivity contribution in [3.8, 4) is 0 Å². The summed E-state index contributed by atoms with van der Waals surface area (Å²) in [7, 11) is 0. The average Bonchev–Trinajstić information content (AvgIpc) is 2.54. The van der Waals surface area contributed by atoms with Crippen LogP contribution in [-0.2, 0) is 11.3 Å². The molecule has 0 saturated carbocycles. The van der Waals surface area contributed by atoms with Crippen molar-refractivity contribution in [3.05, 3.63) is 11.4 Å². The van der Waals surface area contributed by atoms with E-state index in [1.807, 2.05) is 13.8 Å². The molecule has 96 valence electrons. The number of carbonyl (C=O) groups excluding carboxylic acids is 1. The summed E-state index contributed by atoms with van der Waals surface area (Å²) in [6, 6.07) is -0.197. The maximum Gasteiger partial charge on any atom is 0.242 e. The number of hydrogen-bond donors (Lipinski definition) is 3. The highest BCUT2D eigenvalue weighted by molar-refractivity contribution is 5.76. The highest BCUT2D eigenvalue weighted by atomic mass is 16.3. The Morgan fingerprint density at radius 2 is 2.24 bits per heavy atom. The van der Waals surface area contributed by atoms with Crippen LogP contribution in [0.15, 0.2) is 0 Å². The van der Waals surface area contributed by atoms with Gasteiger partial charge in [0.05, 0.1) is 29.7 Å². The van der Waals surface area contributed by atoms with Crippen LogP contribution in [-0.4, -0.2) is 33.4 Å². The SMILES string of the molecule is CCC(CO)NC(=O)Cn1nc(C)c(N)c1C. The lowest BCUT2D eigenvalue weighted by molar-refractivity contribution is -0.122. The van der Waals surface area contributed by atoms with E-state index in [2.05, 4.69) is 10.4 Å². The van der Waals surface area contributed by atoms with E-state index in [9.17, 15) is 4.79 Å². The van der Waals surface area contributed by atoms with Crippen LogP contribution in [0.3, 0.4) is 0 Å². The predicted octanol–water partition coefficient (Wildman–Crippen LogP) is -0.0308. The molecule has 1 heterocycles. The van der Waals surface area contributed by atoms with Gasteiger partial charge in [0.15, 0.2) is 0 Å². The predicted molar refractivity (Wildman–Crippen MR) is 65.4 cm³/mol. The third kappa shape index (κ3) is 3.20. The highest BCUT2D eigenvalue weighted by Crippen LogP contribution is 2.14. The fourth-order valence-electron chi connectivity index (χ4n) is 1.55. The topological polar surface area (TPSA) is 93.2 Å². The lowest BCUT2D eigenvalue weighted by Gasteiger charge is -2.14. The van der Waals surface area contributed by atoms with E-state index in [-0.39, 0.29) is 25.1 Å². The minimum atomic E-state index is -0.197. The molecule has 0 saturated heterocycles. The van der Waals surface area contributed by atoms with Crippen molar-refractivity contribution in [2.75, 3.05) is 12.3 Å². The van der Waals surface area contributed by atoms with Crippen LogP contribution < -0.4 is 11.1 Å². The first-order valence-corrected chi connectivity index (χ1v) is 5.69. The molecule has 0 fully saturated rings. The Morgan fingerprint density at radius 3 is 2.65 bits per heavy atom. The normalized spacial score (nSPS) is 12.5. The molecular formula is C11H20N4O2. The molecule has 1 aromatic rings. The van der Waals surface area contributed by atoms with Crippen LogP contribution in [0.1, 0.15) is 24.7 Å². The van der Waals surface area contributed by atoms with Gasteiger partial charge in [0, 0.05) is 0 Å². The van der Waals surface area contributed by atoms with Gasteiger partial charge in [-0.3, -0.25) is 9.48 Å². The van der Waals surface area contributed by atoms with Crippen LogP contribution in [0.25, 0.3) is 0 Å². The molecule has 6 nitrogen and oxygen atoms in total. The molecule has 4 N–H and O–H groups in total. The standard InChI is InChI=1S/C11H20N4O2/c1-4-9(6-16)13-10(17)5-15-8(3)11(12)7(2)14-15/h9,16H,4-6,12H2,1-3H3,(H,13,17). The number of anilines is 1. The van der Waals surface area contributed by atoms with Gasteiger partial charge in [0.25, 0.3) is 0 Å². The molecule has 1 amide bonds. The van der Waals surface area contributed by atoms with Crippen molar-refractivity contribution < 1.29 is 9.90 Å². The van der Waals surface area contributed by atoms with Crippen molar-refractivity contribution in [3.63, 3.8) is 0 Å². The Hall–Kier alpha value is -1.56. The summed E-state index contributed by atoms with van der Waals surface area (Å²) in [6.45, 7) is 5.61. The average molecular weight is 240 g/mol. The van der Waals surface area contributed by atoms with Crippen LogP contribution >= 0.6 is 0 Å². The zero-order valence-electron chi connectivity index (χ0n) is 10.5. The van der Waals surface area contributed by atoms with Crippen LogP contribution in [0.4, 0.5) is 5.69 Å². The van der Waals surface area contributed by atoms with Gasteiger partial charge in [-0.1, -0.05) is 6.92 Å². The van der Waals surface area contributed by atoms with Gasteiger partial charge < -0.3 is 16.2 Å². The number of rotatable bonds is 5. The first-order valence-electron chi connectivity index (χ1n) is 5.69. The zero-order chi connectivity index (χ0) is 13.0. The number of aromatic nitrogens is 2. The van der Waals surface area contributed by atoms with Crippen molar-refractivity contribution >= 4 is 11.6 Å². The van der Waals surface area contributed by atoms with Gasteiger partial charge >= 0.3 is 0 Å². The van der Waals surface area contributed by atoms with E-state index in [4.69, 9.17) is 10.8 Å². The van der Waals surface area contributed by atoms with Crippen LogP contribution in [0.2, 0.25) is 0 Å². The van der Waals surface area contributed by atoms with Crippen molar-refractivity contribution in [2.24, 2.45) is 0 Å². The number of nitrogens with zero attached hydrogens (tertiary/aromatic N) is 2. The number of nitrogens with one attached hydrogen (secondary N) is 1. The minimum absolute atomic E-state index is 0.0541. The Bertz CT molecular complexity index is 396. The number of aliphatic hydroxyl groups excluding tert-OH is 1. The Morgan fingerprint density at radius 1 is 1.59 bits per heavy atom. The molecule has 17 heavy (non-hydrogen) atoms. The molecule has 0 bridgehead atoms. The minimum Gasteiger partial charge on any atom is -0.396 e. The van der Waals surface area contributed by atoms with Gasteiger partial charge in [-0.05, 0) is 20.3 Å². The molecule has 0 aliphatic heterocycles. The number of hydrogen-bond acceptors (Lipinski definition) is 4. The molecule has 6 heteroatoms. The van der Waals surface area contributed by atoms with E-state index in [1.54, 1.807) is 11.6 Å². The van der Waals surface area contributed by atoms with E-state index in [0.29, 0.717) is 12.1 Å². The number of aliphatic hydroxyl groups is 1. The first-order chi connectivity index (χ1) is 7.99. The second-order valence-electron chi connectivity index (χ2n) is 4.10. The van der Waals surface area contributed by atoms with E-state index < -0.39 is 0 Å². The fourth-order valence-corrected chi connectivity index (χ4v) is 1.55. The monoisotopic (exact) mass is 240 g/mol. The molecule has 1 aromatic heterocycles. The molecule has 0 aliphatic carbocycles. The number of carbonyl (C=O) groups is 1. The molecule has 1 rings (SSSR count). The molecule has 0 radical (unpaired) electrons. The number of nitrogen functional groups attached to an aromatic ring is 1. The maximum absolute atomic E-state index is 11.7. The van der Waals surface area contributed by atoms with Gasteiger partial charge in [-0.2, -0.15) is 5.10 Å². The quantitative estimate of drug-likeness (QED) is 0.673. The second kappa shape index (κ2) is 5.67. The van der Waals surface area contributed by atoms with Gasteiger partial charge in [0.2, 0.25) is 5.91 Å².